The minimum Gasteiger partial charge on any atom is -0.254 e. The van der Waals surface area contributed by atoms with E-state index in [0.717, 1.165) is 0 Å². The predicted molar refractivity (Wildman–Crippen MR) is 43.6 cm³/mol. The molecular formula is C5H5BrN6. The molecule has 0 amide bonds. The summed E-state index contributed by atoms with van der Waals surface area (Å²) in [5, 5.41) is 11.4. The molecule has 0 aliphatic carbocycles. The second-order valence-corrected chi connectivity index (χ2v) is 2.88. The summed E-state index contributed by atoms with van der Waals surface area (Å²) in [7, 11) is 1.80. The van der Waals surface area contributed by atoms with E-state index in [1.54, 1.807) is 29.0 Å². The van der Waals surface area contributed by atoms with Gasteiger partial charge in [-0.1, -0.05) is 0 Å². The molecule has 2 heterocycles. The summed E-state index contributed by atoms with van der Waals surface area (Å²) in [6.45, 7) is 0. The topological polar surface area (TPSA) is 61.4 Å². The quantitative estimate of drug-likeness (QED) is 0.698. The van der Waals surface area contributed by atoms with E-state index >= 15 is 0 Å². The summed E-state index contributed by atoms with van der Waals surface area (Å²) in [4.78, 5) is 4.10. The van der Waals surface area contributed by atoms with Crippen LogP contribution in [0.4, 0.5) is 0 Å². The lowest BCUT2D eigenvalue weighted by molar-refractivity contribution is 0.734. The summed E-state index contributed by atoms with van der Waals surface area (Å²) in [6, 6.07) is 0. The van der Waals surface area contributed by atoms with Crippen molar-refractivity contribution in [2.75, 3.05) is 0 Å². The first-order valence-electron chi connectivity index (χ1n) is 3.19. The highest BCUT2D eigenvalue weighted by atomic mass is 79.9. The largest absolute Gasteiger partial charge is 0.256 e. The van der Waals surface area contributed by atoms with Crippen molar-refractivity contribution in [3.05, 3.63) is 17.4 Å². The van der Waals surface area contributed by atoms with E-state index in [9.17, 15) is 0 Å². The molecule has 0 unspecified atom stereocenters. The molecule has 0 aromatic carbocycles. The summed E-state index contributed by atoms with van der Waals surface area (Å²) in [5.41, 5.74) is 0. The van der Waals surface area contributed by atoms with Crippen LogP contribution in [0.2, 0.25) is 0 Å². The lowest BCUT2D eigenvalue weighted by Crippen LogP contribution is -1.95. The second kappa shape index (κ2) is 2.67. The van der Waals surface area contributed by atoms with Gasteiger partial charge in [0.15, 0.2) is 4.73 Å². The maximum absolute atomic E-state index is 4.10. The molecule has 0 bridgehead atoms. The van der Waals surface area contributed by atoms with E-state index in [4.69, 9.17) is 0 Å². The van der Waals surface area contributed by atoms with Crippen LogP contribution in [0, 0.1) is 0 Å². The highest BCUT2D eigenvalue weighted by molar-refractivity contribution is 9.10. The second-order valence-electron chi connectivity index (χ2n) is 2.17. The van der Waals surface area contributed by atoms with Crippen molar-refractivity contribution in [2.45, 2.75) is 0 Å². The molecule has 0 spiro atoms. The van der Waals surface area contributed by atoms with Crippen molar-refractivity contribution in [3.8, 4) is 5.95 Å². The minimum absolute atomic E-state index is 0.550. The van der Waals surface area contributed by atoms with Gasteiger partial charge >= 0.3 is 0 Å². The molecule has 6 nitrogen and oxygen atoms in total. The Morgan fingerprint density at radius 2 is 2.00 bits per heavy atom. The lowest BCUT2D eigenvalue weighted by Gasteiger charge is -1.88. The van der Waals surface area contributed by atoms with Crippen LogP contribution in [-0.2, 0) is 7.05 Å². The van der Waals surface area contributed by atoms with Crippen molar-refractivity contribution in [1.29, 1.82) is 0 Å². The zero-order valence-corrected chi connectivity index (χ0v) is 7.80. The normalized spacial score (nSPS) is 10.5. The van der Waals surface area contributed by atoms with Crippen molar-refractivity contribution in [3.63, 3.8) is 0 Å². The Kier molecular flexibility index (Phi) is 1.65. The Bertz CT molecular complexity index is 357. The molecular weight excluding hydrogens is 224 g/mol. The first-order chi connectivity index (χ1) is 5.77. The minimum atomic E-state index is 0.550. The van der Waals surface area contributed by atoms with Crippen LogP contribution in [0.25, 0.3) is 5.95 Å². The van der Waals surface area contributed by atoms with Gasteiger partial charge in [-0.2, -0.15) is 4.98 Å². The summed E-state index contributed by atoms with van der Waals surface area (Å²) >= 11 is 3.24. The molecule has 7 heteroatoms. The summed E-state index contributed by atoms with van der Waals surface area (Å²) in [5.74, 6) is 0.550. The molecule has 0 radical (unpaired) electrons. The molecule has 2 aromatic heterocycles. The maximum Gasteiger partial charge on any atom is 0.256 e. The monoisotopic (exact) mass is 228 g/mol. The summed E-state index contributed by atoms with van der Waals surface area (Å²) in [6.07, 6.45) is 3.09. The smallest absolute Gasteiger partial charge is 0.254 e. The zero-order valence-electron chi connectivity index (χ0n) is 6.22. The lowest BCUT2D eigenvalue weighted by atomic mass is 10.9. The Morgan fingerprint density at radius 3 is 2.50 bits per heavy atom. The van der Waals surface area contributed by atoms with E-state index in [1.807, 2.05) is 0 Å². The van der Waals surface area contributed by atoms with Crippen LogP contribution in [0.3, 0.4) is 0 Å². The van der Waals surface area contributed by atoms with Crippen LogP contribution in [0.5, 0.6) is 0 Å². The number of hydrogen-bond donors (Lipinski definition) is 0. The van der Waals surface area contributed by atoms with Crippen LogP contribution in [-0.4, -0.2) is 29.5 Å². The van der Waals surface area contributed by atoms with E-state index < -0.39 is 0 Å². The van der Waals surface area contributed by atoms with Gasteiger partial charge < -0.3 is 0 Å². The van der Waals surface area contributed by atoms with E-state index in [2.05, 4.69) is 36.2 Å². The fourth-order valence-corrected chi connectivity index (χ4v) is 1.00. The third-order valence-corrected chi connectivity index (χ3v) is 2.04. The molecule has 0 aliphatic heterocycles. The highest BCUT2D eigenvalue weighted by Gasteiger charge is 2.04. The Labute approximate surface area is 76.4 Å². The molecule has 0 atom stereocenters. The SMILES string of the molecule is Cn1nc(-n2cnnc2)nc1Br. The van der Waals surface area contributed by atoms with Crippen LogP contribution >= 0.6 is 15.9 Å². The van der Waals surface area contributed by atoms with Crippen LogP contribution < -0.4 is 0 Å². The predicted octanol–water partition coefficient (Wildman–Crippen LogP) is 0.158. The standard InChI is InChI=1S/C5H5BrN6/c1-11-4(6)9-5(10-11)12-2-7-8-3-12/h2-3H,1H3. The highest BCUT2D eigenvalue weighted by Crippen LogP contribution is 2.06. The molecule has 0 N–H and O–H groups in total. The number of aryl methyl sites for hydroxylation is 1. The van der Waals surface area contributed by atoms with E-state index in [1.165, 1.54) is 0 Å². The average Bonchev–Trinajstić information content (AvgIpc) is 2.61. The van der Waals surface area contributed by atoms with Gasteiger partial charge in [-0.05, 0) is 15.9 Å². The van der Waals surface area contributed by atoms with Gasteiger partial charge in [-0.25, -0.2) is 4.68 Å². The first kappa shape index (κ1) is 7.41. The maximum atomic E-state index is 4.10. The third kappa shape index (κ3) is 1.11. The van der Waals surface area contributed by atoms with Gasteiger partial charge in [0.2, 0.25) is 0 Å². The Hall–Kier alpha value is -1.24. The molecule has 0 saturated carbocycles. The zero-order chi connectivity index (χ0) is 8.55. The van der Waals surface area contributed by atoms with Crippen molar-refractivity contribution >= 4 is 15.9 Å². The number of nitrogens with zero attached hydrogens (tertiary/aromatic N) is 6. The van der Waals surface area contributed by atoms with Gasteiger partial charge in [-0.15, -0.1) is 15.3 Å². The summed E-state index contributed by atoms with van der Waals surface area (Å²) < 4.78 is 3.92. The number of aromatic nitrogens is 6. The number of halogens is 1. The number of hydrogen-bond acceptors (Lipinski definition) is 4. The number of rotatable bonds is 1. The molecule has 12 heavy (non-hydrogen) atoms. The van der Waals surface area contributed by atoms with Gasteiger partial charge in [0, 0.05) is 7.05 Å². The van der Waals surface area contributed by atoms with Gasteiger partial charge in [0.1, 0.15) is 12.7 Å². The van der Waals surface area contributed by atoms with Crippen LogP contribution in [0.15, 0.2) is 17.4 Å². The van der Waals surface area contributed by atoms with E-state index in [-0.39, 0.29) is 0 Å². The van der Waals surface area contributed by atoms with Gasteiger partial charge in [-0.3, -0.25) is 4.57 Å². The average molecular weight is 229 g/mol. The molecule has 62 valence electrons. The fourth-order valence-electron chi connectivity index (χ4n) is 0.766. The molecule has 0 fully saturated rings. The molecule has 2 rings (SSSR count). The fraction of sp³-hybridized carbons (Fsp3) is 0.200. The van der Waals surface area contributed by atoms with Gasteiger partial charge in [0.25, 0.3) is 5.95 Å². The molecule has 0 aliphatic rings. The van der Waals surface area contributed by atoms with Crippen LogP contribution in [0.1, 0.15) is 0 Å². The third-order valence-electron chi connectivity index (χ3n) is 1.35. The Balaban J connectivity index is 2.48. The van der Waals surface area contributed by atoms with Crippen molar-refractivity contribution in [1.82, 2.24) is 29.5 Å². The molecule has 0 saturated heterocycles. The van der Waals surface area contributed by atoms with Gasteiger partial charge in [0.05, 0.1) is 0 Å². The molecule has 2 aromatic rings. The van der Waals surface area contributed by atoms with Crippen molar-refractivity contribution < 1.29 is 0 Å². The Morgan fingerprint density at radius 1 is 1.33 bits per heavy atom. The first-order valence-corrected chi connectivity index (χ1v) is 3.98. The van der Waals surface area contributed by atoms with E-state index in [0.29, 0.717) is 10.7 Å². The van der Waals surface area contributed by atoms with Crippen molar-refractivity contribution in [2.24, 2.45) is 7.05 Å².